The second-order valence-corrected chi connectivity index (χ2v) is 5.98. The third-order valence-electron chi connectivity index (χ3n) is 4.26. The van der Waals surface area contributed by atoms with Gasteiger partial charge in [0.2, 0.25) is 0 Å². The number of pyridine rings is 2. The topological polar surface area (TPSA) is 78.4 Å². The highest BCUT2D eigenvalue weighted by atomic mass is 16.2. The van der Waals surface area contributed by atoms with E-state index in [1.807, 2.05) is 24.1 Å². The smallest absolute Gasteiger partial charge is 0.269 e. The van der Waals surface area contributed by atoms with Crippen molar-refractivity contribution in [2.45, 2.75) is 6.92 Å². The summed E-state index contributed by atoms with van der Waals surface area (Å²) in [4.78, 5) is 36.6. The minimum Gasteiger partial charge on any atom is -0.354 e. The highest BCUT2D eigenvalue weighted by Crippen LogP contribution is 2.16. The molecular weight excluding hydrogens is 318 g/mol. The van der Waals surface area contributed by atoms with E-state index >= 15 is 0 Å². The van der Waals surface area contributed by atoms with Crippen molar-refractivity contribution in [1.29, 1.82) is 0 Å². The third kappa shape index (κ3) is 3.76. The van der Waals surface area contributed by atoms with Crippen LogP contribution in [-0.2, 0) is 0 Å². The molecule has 0 spiro atoms. The van der Waals surface area contributed by atoms with Crippen molar-refractivity contribution in [3.8, 4) is 0 Å². The lowest BCUT2D eigenvalue weighted by Gasteiger charge is -2.35. The van der Waals surface area contributed by atoms with Gasteiger partial charge in [-0.1, -0.05) is 0 Å². The van der Waals surface area contributed by atoms with Crippen LogP contribution in [0, 0.1) is 6.92 Å². The molecule has 1 aliphatic rings. The molecule has 1 fully saturated rings. The molecule has 7 heteroatoms. The van der Waals surface area contributed by atoms with E-state index in [0.29, 0.717) is 24.3 Å². The molecule has 0 saturated carbocycles. The molecule has 3 heterocycles. The molecule has 0 atom stereocenters. The molecule has 25 heavy (non-hydrogen) atoms. The number of carbonyl (C=O) groups is 2. The van der Waals surface area contributed by atoms with E-state index in [0.717, 1.165) is 18.9 Å². The molecule has 3 rings (SSSR count). The van der Waals surface area contributed by atoms with Crippen molar-refractivity contribution in [2.24, 2.45) is 0 Å². The molecule has 0 bridgehead atoms. The lowest BCUT2D eigenvalue weighted by atomic mass is 10.2. The van der Waals surface area contributed by atoms with Crippen molar-refractivity contribution < 1.29 is 9.59 Å². The highest BCUT2D eigenvalue weighted by Gasteiger charge is 2.23. The predicted octanol–water partition coefficient (Wildman–Crippen LogP) is 1.11. The van der Waals surface area contributed by atoms with Crippen LogP contribution < -0.4 is 10.2 Å². The van der Waals surface area contributed by atoms with Crippen LogP contribution in [0.1, 0.15) is 26.4 Å². The second kappa shape index (κ2) is 7.29. The Morgan fingerprint density at radius 2 is 1.84 bits per heavy atom. The Labute approximate surface area is 146 Å². The first-order valence-corrected chi connectivity index (χ1v) is 8.23. The van der Waals surface area contributed by atoms with Gasteiger partial charge in [-0.25, -0.2) is 4.98 Å². The van der Waals surface area contributed by atoms with Gasteiger partial charge in [0.25, 0.3) is 11.8 Å². The van der Waals surface area contributed by atoms with Gasteiger partial charge in [0.1, 0.15) is 11.5 Å². The molecule has 2 amide bonds. The maximum absolute atomic E-state index is 12.6. The summed E-state index contributed by atoms with van der Waals surface area (Å²) in [6, 6.07) is 7.24. The molecule has 1 N–H and O–H groups in total. The van der Waals surface area contributed by atoms with Crippen LogP contribution in [0.2, 0.25) is 0 Å². The number of anilines is 1. The van der Waals surface area contributed by atoms with Crippen molar-refractivity contribution >= 4 is 17.6 Å². The summed E-state index contributed by atoms with van der Waals surface area (Å²) < 4.78 is 0. The summed E-state index contributed by atoms with van der Waals surface area (Å²) in [6.45, 7) is 4.79. The molecular formula is C18H21N5O2. The molecule has 1 saturated heterocycles. The fourth-order valence-corrected chi connectivity index (χ4v) is 2.80. The largest absolute Gasteiger partial charge is 0.354 e. The Morgan fingerprint density at radius 1 is 1.08 bits per heavy atom. The van der Waals surface area contributed by atoms with E-state index in [-0.39, 0.29) is 11.8 Å². The van der Waals surface area contributed by atoms with Crippen LogP contribution in [0.25, 0.3) is 0 Å². The summed E-state index contributed by atoms with van der Waals surface area (Å²) >= 11 is 0. The van der Waals surface area contributed by atoms with E-state index in [1.165, 1.54) is 11.8 Å². The van der Waals surface area contributed by atoms with Crippen LogP contribution in [0.4, 0.5) is 5.82 Å². The molecule has 0 aromatic carbocycles. The average Bonchev–Trinajstić information content (AvgIpc) is 2.67. The first kappa shape index (κ1) is 16.9. The van der Waals surface area contributed by atoms with Gasteiger partial charge in [0.05, 0.1) is 5.56 Å². The molecule has 0 unspecified atom stereocenters. The van der Waals surface area contributed by atoms with Crippen molar-refractivity contribution in [1.82, 2.24) is 20.2 Å². The molecule has 7 nitrogen and oxygen atoms in total. The number of rotatable bonds is 3. The van der Waals surface area contributed by atoms with Crippen LogP contribution >= 0.6 is 0 Å². The number of aromatic nitrogens is 2. The monoisotopic (exact) mass is 339 g/mol. The van der Waals surface area contributed by atoms with E-state index < -0.39 is 0 Å². The molecule has 1 aliphatic heterocycles. The minimum absolute atomic E-state index is 0.0622. The maximum atomic E-state index is 12.6. The van der Waals surface area contributed by atoms with Gasteiger partial charge < -0.3 is 15.1 Å². The lowest BCUT2D eigenvalue weighted by molar-refractivity contribution is 0.0745. The first-order chi connectivity index (χ1) is 12.1. The number of hydrogen-bond donors (Lipinski definition) is 1. The maximum Gasteiger partial charge on any atom is 0.269 e. The summed E-state index contributed by atoms with van der Waals surface area (Å²) in [5, 5.41) is 2.51. The third-order valence-corrected chi connectivity index (χ3v) is 4.26. The Kier molecular flexibility index (Phi) is 4.92. The number of amides is 2. The zero-order valence-corrected chi connectivity index (χ0v) is 14.4. The van der Waals surface area contributed by atoms with E-state index in [9.17, 15) is 9.59 Å². The Bertz CT molecular complexity index is 767. The normalized spacial score (nSPS) is 14.3. The van der Waals surface area contributed by atoms with Crippen LogP contribution in [0.15, 0.2) is 36.7 Å². The fraction of sp³-hybridized carbons (Fsp3) is 0.333. The van der Waals surface area contributed by atoms with Crippen LogP contribution in [0.3, 0.4) is 0 Å². The molecule has 130 valence electrons. The van der Waals surface area contributed by atoms with E-state index in [1.54, 1.807) is 19.2 Å². The minimum atomic E-state index is -0.265. The fourth-order valence-electron chi connectivity index (χ4n) is 2.80. The quantitative estimate of drug-likeness (QED) is 0.906. The number of nitrogens with zero attached hydrogens (tertiary/aromatic N) is 4. The number of aryl methyl sites for hydroxylation is 1. The summed E-state index contributed by atoms with van der Waals surface area (Å²) in [6.07, 6.45) is 3.27. The standard InChI is InChI=1S/C18H21N5O2/c1-13-5-6-20-16(11-13)22-7-9-23(10-8-22)18(25)14-3-4-15(21-12-14)17(24)19-2/h3-6,11-12H,7-10H2,1-2H3,(H,19,24). The molecule has 0 radical (unpaired) electrons. The van der Waals surface area contributed by atoms with Crippen molar-refractivity contribution in [2.75, 3.05) is 38.1 Å². The van der Waals surface area contributed by atoms with Gasteiger partial charge in [-0.05, 0) is 36.8 Å². The average molecular weight is 339 g/mol. The summed E-state index contributed by atoms with van der Waals surface area (Å²) in [5.74, 6) is 0.620. The number of nitrogens with one attached hydrogen (secondary N) is 1. The van der Waals surface area contributed by atoms with Crippen molar-refractivity contribution in [3.63, 3.8) is 0 Å². The van der Waals surface area contributed by atoms with Gasteiger partial charge in [-0.2, -0.15) is 0 Å². The Morgan fingerprint density at radius 3 is 2.44 bits per heavy atom. The van der Waals surface area contributed by atoms with Gasteiger partial charge in [0.15, 0.2) is 0 Å². The predicted molar refractivity (Wildman–Crippen MR) is 94.7 cm³/mol. The zero-order valence-electron chi connectivity index (χ0n) is 14.4. The Hall–Kier alpha value is -2.96. The van der Waals surface area contributed by atoms with Gasteiger partial charge in [0, 0.05) is 45.6 Å². The van der Waals surface area contributed by atoms with E-state index in [4.69, 9.17) is 0 Å². The molecule has 0 aliphatic carbocycles. The zero-order chi connectivity index (χ0) is 17.8. The Balaban J connectivity index is 1.62. The summed E-state index contributed by atoms with van der Waals surface area (Å²) in [7, 11) is 1.55. The van der Waals surface area contributed by atoms with Gasteiger partial charge >= 0.3 is 0 Å². The van der Waals surface area contributed by atoms with E-state index in [2.05, 4.69) is 26.3 Å². The van der Waals surface area contributed by atoms with Gasteiger partial charge in [-0.15, -0.1) is 0 Å². The SMILES string of the molecule is CNC(=O)c1ccc(C(=O)N2CCN(c3cc(C)ccn3)CC2)cn1. The molecule has 2 aromatic heterocycles. The number of piperazine rings is 1. The van der Waals surface area contributed by atoms with Gasteiger partial charge in [-0.3, -0.25) is 14.6 Å². The number of carbonyl (C=O) groups excluding carboxylic acids is 2. The van der Waals surface area contributed by atoms with Crippen LogP contribution in [-0.4, -0.2) is 59.9 Å². The second-order valence-electron chi connectivity index (χ2n) is 5.98. The first-order valence-electron chi connectivity index (χ1n) is 8.23. The van der Waals surface area contributed by atoms with Crippen molar-refractivity contribution in [3.05, 3.63) is 53.5 Å². The summed E-state index contributed by atoms with van der Waals surface area (Å²) in [5.41, 5.74) is 1.97. The number of hydrogen-bond acceptors (Lipinski definition) is 5. The molecule has 2 aromatic rings. The lowest BCUT2D eigenvalue weighted by Crippen LogP contribution is -2.49. The van der Waals surface area contributed by atoms with Crippen LogP contribution in [0.5, 0.6) is 0 Å². The highest BCUT2D eigenvalue weighted by molar-refractivity contribution is 5.96.